The van der Waals surface area contributed by atoms with Gasteiger partial charge >= 0.3 is 0 Å². The van der Waals surface area contributed by atoms with Gasteiger partial charge in [0.15, 0.2) is 0 Å². The average Bonchev–Trinajstić information content (AvgIpc) is 3.50. The third kappa shape index (κ3) is 8.15. The maximum Gasteiger partial charge on any atom is 0.252 e. The predicted octanol–water partition coefficient (Wildman–Crippen LogP) is 18.2. The number of anilines is 9. The summed E-state index contributed by atoms with van der Waals surface area (Å²) in [5.74, 6) is 0. The minimum atomic E-state index is -0.156. The van der Waals surface area contributed by atoms with E-state index in [-0.39, 0.29) is 39.2 Å². The fourth-order valence-corrected chi connectivity index (χ4v) is 13.5. The highest BCUT2D eigenvalue weighted by molar-refractivity contribution is 7.00. The quantitative estimate of drug-likeness (QED) is 0.154. The van der Waals surface area contributed by atoms with E-state index in [0.717, 1.165) is 36.3 Å². The number of hydrogen-bond donors (Lipinski definition) is 0. The lowest BCUT2D eigenvalue weighted by molar-refractivity contribution is 0.332. The van der Waals surface area contributed by atoms with E-state index in [2.05, 4.69) is 281 Å². The Kier molecular flexibility index (Phi) is 11.4. The zero-order chi connectivity index (χ0) is 53.5. The molecule has 0 unspecified atom stereocenters. The molecular formula is C72H78BN3. The van der Waals surface area contributed by atoms with Gasteiger partial charge < -0.3 is 14.7 Å². The van der Waals surface area contributed by atoms with Crippen LogP contribution in [0.4, 0.5) is 51.2 Å². The Bertz CT molecular complexity index is 3530. The summed E-state index contributed by atoms with van der Waals surface area (Å²) in [5, 5.41) is 0. The number of rotatable bonds is 6. The molecule has 2 aliphatic heterocycles. The largest absolute Gasteiger partial charge is 0.311 e. The van der Waals surface area contributed by atoms with Crippen molar-refractivity contribution in [2.45, 2.75) is 155 Å². The van der Waals surface area contributed by atoms with Gasteiger partial charge in [-0.25, -0.2) is 0 Å². The predicted molar refractivity (Wildman–Crippen MR) is 329 cm³/mol. The van der Waals surface area contributed by atoms with E-state index in [9.17, 15) is 0 Å². The monoisotopic (exact) mass is 996 g/mol. The fourth-order valence-electron chi connectivity index (χ4n) is 13.5. The van der Waals surface area contributed by atoms with Crippen molar-refractivity contribution in [3.63, 3.8) is 0 Å². The second-order valence-corrected chi connectivity index (χ2v) is 27.6. The molecule has 2 aliphatic carbocycles. The number of benzene rings is 8. The topological polar surface area (TPSA) is 9.72 Å². The molecule has 384 valence electrons. The molecule has 0 radical (unpaired) electrons. The summed E-state index contributed by atoms with van der Waals surface area (Å²) >= 11 is 0. The van der Waals surface area contributed by atoms with Crippen molar-refractivity contribution >= 4 is 74.3 Å². The third-order valence-corrected chi connectivity index (χ3v) is 18.5. The molecule has 0 saturated heterocycles. The van der Waals surface area contributed by atoms with Gasteiger partial charge in [0, 0.05) is 51.1 Å². The minimum absolute atomic E-state index is 0.00746. The van der Waals surface area contributed by atoms with Gasteiger partial charge in [-0.05, 0) is 198 Å². The molecule has 0 amide bonds. The summed E-state index contributed by atoms with van der Waals surface area (Å²) < 4.78 is 0. The number of nitrogens with zero attached hydrogens (tertiary/aromatic N) is 3. The van der Waals surface area contributed by atoms with Gasteiger partial charge in [-0.2, -0.15) is 0 Å². The molecular weight excluding hydrogens is 918 g/mol. The third-order valence-electron chi connectivity index (χ3n) is 18.5. The van der Waals surface area contributed by atoms with Crippen molar-refractivity contribution in [1.82, 2.24) is 0 Å². The summed E-state index contributed by atoms with van der Waals surface area (Å²) in [6, 6.07) is 65.8. The van der Waals surface area contributed by atoms with Crippen LogP contribution in [0.25, 0.3) is 11.1 Å². The Balaban J connectivity index is 1.24. The standard InChI is InChI=1S/C72H78BN3/c1-67(2,3)48-30-34-61(54(40-48)47-24-18-15-19-25-47)76-62-35-32-53(74(50-26-20-16-21-27-50)51-28-22-17-23-29-51)44-59(62)73-60-45-57-58(72(13,14)39-38-71(57,11)12)46-63(60)75(64-41-49(68(4,5)6)42-65(76)66(64)73)52-31-33-55-56(43-52)70(9,10)37-36-69(55,7)8/h15-35,40-46H,36-39H2,1-14H3. The van der Waals surface area contributed by atoms with Crippen LogP contribution >= 0.6 is 0 Å². The van der Waals surface area contributed by atoms with Crippen LogP contribution in [0.15, 0.2) is 170 Å². The second kappa shape index (κ2) is 17.4. The molecule has 0 aromatic heterocycles. The van der Waals surface area contributed by atoms with Crippen molar-refractivity contribution in [3.8, 4) is 11.1 Å². The minimum Gasteiger partial charge on any atom is -0.311 e. The Morgan fingerprint density at radius 3 is 1.43 bits per heavy atom. The lowest BCUT2D eigenvalue weighted by atomic mass is 9.33. The van der Waals surface area contributed by atoms with E-state index in [1.54, 1.807) is 0 Å². The van der Waals surface area contributed by atoms with E-state index in [0.29, 0.717) is 0 Å². The van der Waals surface area contributed by atoms with Crippen molar-refractivity contribution in [1.29, 1.82) is 0 Å². The number of para-hydroxylation sites is 2. The molecule has 0 bridgehead atoms. The first-order valence-electron chi connectivity index (χ1n) is 28.3. The SMILES string of the molecule is CC(C)(C)c1ccc(N2c3ccc(N(c4ccccc4)c4ccccc4)cc3B3c4cc5c(cc4N(c4ccc6c(c4)C(C)(C)CCC6(C)C)c4cc(C(C)(C)C)cc2c43)C(C)(C)CCC5(C)C)c(-c2ccccc2)c1. The van der Waals surface area contributed by atoms with Crippen molar-refractivity contribution < 1.29 is 0 Å². The van der Waals surface area contributed by atoms with E-state index in [1.807, 2.05) is 0 Å². The molecule has 0 fully saturated rings. The molecule has 0 saturated carbocycles. The van der Waals surface area contributed by atoms with Gasteiger partial charge in [0.05, 0.1) is 5.69 Å². The molecule has 76 heavy (non-hydrogen) atoms. The summed E-state index contributed by atoms with van der Waals surface area (Å²) in [4.78, 5) is 7.84. The molecule has 0 N–H and O–H groups in total. The zero-order valence-corrected chi connectivity index (χ0v) is 47.9. The van der Waals surface area contributed by atoms with E-state index < -0.39 is 0 Å². The van der Waals surface area contributed by atoms with Gasteiger partial charge in [-0.15, -0.1) is 0 Å². The molecule has 4 aliphatic rings. The molecule has 8 aromatic carbocycles. The van der Waals surface area contributed by atoms with Crippen LogP contribution < -0.4 is 31.1 Å². The van der Waals surface area contributed by atoms with Crippen molar-refractivity contribution in [3.05, 3.63) is 203 Å². The number of fused-ring (bicyclic) bond motifs is 6. The molecule has 0 atom stereocenters. The second-order valence-electron chi connectivity index (χ2n) is 27.6. The Hall–Kier alpha value is -6.78. The Labute approximate surface area is 456 Å². The van der Waals surface area contributed by atoms with E-state index >= 15 is 0 Å². The van der Waals surface area contributed by atoms with Gasteiger partial charge in [-0.1, -0.05) is 182 Å². The van der Waals surface area contributed by atoms with Crippen LogP contribution in [0.1, 0.15) is 156 Å². The summed E-state index contributed by atoms with van der Waals surface area (Å²) in [6.07, 6.45) is 4.65. The Morgan fingerprint density at radius 2 is 0.868 bits per heavy atom. The summed E-state index contributed by atoms with van der Waals surface area (Å²) in [5.41, 5.74) is 25.9. The van der Waals surface area contributed by atoms with Crippen LogP contribution in [0.3, 0.4) is 0 Å². The van der Waals surface area contributed by atoms with Crippen molar-refractivity contribution in [2.24, 2.45) is 0 Å². The van der Waals surface area contributed by atoms with E-state index in [1.165, 1.54) is 101 Å². The van der Waals surface area contributed by atoms with Gasteiger partial charge in [0.2, 0.25) is 0 Å². The smallest absolute Gasteiger partial charge is 0.252 e. The summed E-state index contributed by atoms with van der Waals surface area (Å²) in [6.45, 7) is 34.0. The van der Waals surface area contributed by atoms with Crippen LogP contribution in [0.5, 0.6) is 0 Å². The number of hydrogen-bond acceptors (Lipinski definition) is 3. The highest BCUT2D eigenvalue weighted by Gasteiger charge is 2.48. The highest BCUT2D eigenvalue weighted by Crippen LogP contribution is 2.54. The lowest BCUT2D eigenvalue weighted by Gasteiger charge is -2.48. The molecule has 12 rings (SSSR count). The molecule has 4 heteroatoms. The first kappa shape index (κ1) is 50.1. The van der Waals surface area contributed by atoms with E-state index in [4.69, 9.17) is 0 Å². The average molecular weight is 996 g/mol. The van der Waals surface area contributed by atoms with Gasteiger partial charge in [0.25, 0.3) is 6.71 Å². The van der Waals surface area contributed by atoms with Crippen LogP contribution in [0, 0.1) is 0 Å². The molecule has 0 spiro atoms. The van der Waals surface area contributed by atoms with Crippen LogP contribution in [0.2, 0.25) is 0 Å². The van der Waals surface area contributed by atoms with Crippen LogP contribution in [-0.2, 0) is 32.5 Å². The fraction of sp³-hybridized carbons (Fsp3) is 0.333. The maximum atomic E-state index is 2.73. The maximum absolute atomic E-state index is 2.73. The molecule has 2 heterocycles. The Morgan fingerprint density at radius 1 is 0.382 bits per heavy atom. The highest BCUT2D eigenvalue weighted by atomic mass is 15.2. The van der Waals surface area contributed by atoms with Gasteiger partial charge in [-0.3, -0.25) is 0 Å². The summed E-state index contributed by atoms with van der Waals surface area (Å²) in [7, 11) is 0. The normalized spacial score (nSPS) is 17.5. The molecule has 3 nitrogen and oxygen atoms in total. The lowest BCUT2D eigenvalue weighted by Crippen LogP contribution is -2.62. The zero-order valence-electron chi connectivity index (χ0n) is 47.9. The first-order valence-corrected chi connectivity index (χ1v) is 28.3. The molecule has 8 aromatic rings. The van der Waals surface area contributed by atoms with Crippen LogP contribution in [-0.4, -0.2) is 6.71 Å². The first-order chi connectivity index (χ1) is 35.9. The van der Waals surface area contributed by atoms with Gasteiger partial charge in [0.1, 0.15) is 0 Å². The van der Waals surface area contributed by atoms with Crippen molar-refractivity contribution in [2.75, 3.05) is 14.7 Å².